The lowest BCUT2D eigenvalue weighted by Gasteiger charge is -2.09. The number of hydrogen-bond donors (Lipinski definition) is 0. The van der Waals surface area contributed by atoms with E-state index in [2.05, 4.69) is 23.0 Å². The van der Waals surface area contributed by atoms with Gasteiger partial charge in [-0.15, -0.1) is 0 Å². The van der Waals surface area contributed by atoms with Crippen LogP contribution >= 0.6 is 0 Å². The molecule has 0 saturated heterocycles. The predicted molar refractivity (Wildman–Crippen MR) is 82.0 cm³/mol. The van der Waals surface area contributed by atoms with Crippen LogP contribution in [0.3, 0.4) is 0 Å². The fourth-order valence-corrected chi connectivity index (χ4v) is 2.81. The molecule has 0 spiro atoms. The number of nitrogens with zero attached hydrogens (tertiary/aromatic N) is 3. The van der Waals surface area contributed by atoms with Crippen LogP contribution in [0.15, 0.2) is 24.4 Å². The van der Waals surface area contributed by atoms with E-state index in [0.29, 0.717) is 6.54 Å². The van der Waals surface area contributed by atoms with Gasteiger partial charge >= 0.3 is 0 Å². The minimum Gasteiger partial charge on any atom is -0.337 e. The number of carbonyl (C=O) groups is 1. The Labute approximate surface area is 124 Å². The molecule has 3 rings (SSSR count). The standard InChI is InChI=1S/C17H19N3O/c1-4-5-13-9-18-11(2)19-16(13)12-6-7-15-14(8-12)10-20(3)17(15)21/h6-9H,4-5,10H2,1-3H3. The van der Waals surface area contributed by atoms with Crippen molar-refractivity contribution in [2.24, 2.45) is 0 Å². The second kappa shape index (κ2) is 5.28. The molecule has 4 heteroatoms. The molecule has 0 bridgehead atoms. The molecule has 0 saturated carbocycles. The highest BCUT2D eigenvalue weighted by Crippen LogP contribution is 2.29. The van der Waals surface area contributed by atoms with E-state index in [0.717, 1.165) is 41.1 Å². The van der Waals surface area contributed by atoms with Gasteiger partial charge in [0.1, 0.15) is 5.82 Å². The van der Waals surface area contributed by atoms with Gasteiger partial charge in [-0.25, -0.2) is 9.97 Å². The van der Waals surface area contributed by atoms with E-state index in [9.17, 15) is 4.79 Å². The summed E-state index contributed by atoms with van der Waals surface area (Å²) in [5.74, 6) is 0.878. The molecule has 4 nitrogen and oxygen atoms in total. The summed E-state index contributed by atoms with van der Waals surface area (Å²) in [7, 11) is 1.83. The SMILES string of the molecule is CCCc1cnc(C)nc1-c1ccc2c(c1)CN(C)C2=O. The molecule has 2 heterocycles. The van der Waals surface area contributed by atoms with E-state index in [1.54, 1.807) is 4.90 Å². The van der Waals surface area contributed by atoms with E-state index in [1.807, 2.05) is 32.3 Å². The number of amides is 1. The second-order valence-electron chi connectivity index (χ2n) is 5.57. The first-order valence-corrected chi connectivity index (χ1v) is 7.31. The summed E-state index contributed by atoms with van der Waals surface area (Å²) in [6.45, 7) is 4.74. The summed E-state index contributed by atoms with van der Waals surface area (Å²) < 4.78 is 0. The number of hydrogen-bond acceptors (Lipinski definition) is 3. The minimum atomic E-state index is 0.101. The molecular formula is C17H19N3O. The molecule has 0 N–H and O–H groups in total. The Morgan fingerprint density at radius 2 is 2.14 bits per heavy atom. The minimum absolute atomic E-state index is 0.101. The largest absolute Gasteiger partial charge is 0.337 e. The fraction of sp³-hybridized carbons (Fsp3) is 0.353. The van der Waals surface area contributed by atoms with Gasteiger partial charge in [0, 0.05) is 30.9 Å². The van der Waals surface area contributed by atoms with Crippen LogP contribution in [-0.2, 0) is 13.0 Å². The molecule has 2 aromatic rings. The van der Waals surface area contributed by atoms with Gasteiger partial charge in [-0.05, 0) is 36.6 Å². The average Bonchev–Trinajstić information content (AvgIpc) is 2.76. The Hall–Kier alpha value is -2.23. The highest BCUT2D eigenvalue weighted by atomic mass is 16.2. The van der Waals surface area contributed by atoms with Crippen LogP contribution in [0.25, 0.3) is 11.3 Å². The number of rotatable bonds is 3. The third kappa shape index (κ3) is 2.42. The van der Waals surface area contributed by atoms with Crippen LogP contribution in [-0.4, -0.2) is 27.8 Å². The summed E-state index contributed by atoms with van der Waals surface area (Å²) in [6, 6.07) is 6.01. The first kappa shape index (κ1) is 13.7. The normalized spacial score (nSPS) is 13.7. The Kier molecular flexibility index (Phi) is 3.45. The highest BCUT2D eigenvalue weighted by molar-refractivity contribution is 5.98. The number of carbonyl (C=O) groups excluding carboxylic acids is 1. The van der Waals surface area contributed by atoms with Gasteiger partial charge in [-0.3, -0.25) is 4.79 Å². The van der Waals surface area contributed by atoms with E-state index < -0.39 is 0 Å². The fourth-order valence-electron chi connectivity index (χ4n) is 2.81. The Balaban J connectivity index is 2.08. The molecule has 0 atom stereocenters. The predicted octanol–water partition coefficient (Wildman–Crippen LogP) is 2.99. The van der Waals surface area contributed by atoms with Crippen molar-refractivity contribution in [3.05, 3.63) is 46.9 Å². The lowest BCUT2D eigenvalue weighted by Crippen LogP contribution is -2.17. The third-order valence-corrected chi connectivity index (χ3v) is 3.87. The molecule has 1 aromatic heterocycles. The molecule has 1 aliphatic rings. The second-order valence-corrected chi connectivity index (χ2v) is 5.57. The van der Waals surface area contributed by atoms with Gasteiger partial charge in [0.2, 0.25) is 0 Å². The number of aromatic nitrogens is 2. The van der Waals surface area contributed by atoms with Crippen LogP contribution in [0.1, 0.15) is 40.7 Å². The van der Waals surface area contributed by atoms with Gasteiger partial charge in [-0.1, -0.05) is 19.4 Å². The summed E-state index contributed by atoms with van der Waals surface area (Å²) >= 11 is 0. The quantitative estimate of drug-likeness (QED) is 0.869. The summed E-state index contributed by atoms with van der Waals surface area (Å²) in [5, 5.41) is 0. The number of fused-ring (bicyclic) bond motifs is 1. The van der Waals surface area contributed by atoms with Crippen molar-refractivity contribution in [1.29, 1.82) is 0 Å². The molecule has 1 aliphatic heterocycles. The lowest BCUT2D eigenvalue weighted by molar-refractivity contribution is 0.0816. The van der Waals surface area contributed by atoms with Crippen LogP contribution in [0.2, 0.25) is 0 Å². The Morgan fingerprint density at radius 3 is 2.90 bits per heavy atom. The van der Waals surface area contributed by atoms with Crippen molar-refractivity contribution in [3.63, 3.8) is 0 Å². The topological polar surface area (TPSA) is 46.1 Å². The van der Waals surface area contributed by atoms with Crippen molar-refractivity contribution < 1.29 is 4.79 Å². The summed E-state index contributed by atoms with van der Waals surface area (Å²) in [6.07, 6.45) is 3.95. The van der Waals surface area contributed by atoms with E-state index in [4.69, 9.17) is 0 Å². The molecule has 0 radical (unpaired) electrons. The van der Waals surface area contributed by atoms with E-state index in [-0.39, 0.29) is 5.91 Å². The number of aryl methyl sites for hydroxylation is 2. The maximum absolute atomic E-state index is 12.0. The molecular weight excluding hydrogens is 262 g/mol. The third-order valence-electron chi connectivity index (χ3n) is 3.87. The average molecular weight is 281 g/mol. The van der Waals surface area contributed by atoms with Crippen molar-refractivity contribution in [3.8, 4) is 11.3 Å². The molecule has 1 aromatic carbocycles. The Bertz CT molecular complexity index is 709. The number of benzene rings is 1. The molecule has 0 aliphatic carbocycles. The molecule has 1 amide bonds. The zero-order valence-electron chi connectivity index (χ0n) is 12.7. The van der Waals surface area contributed by atoms with Crippen LogP contribution in [0.4, 0.5) is 0 Å². The highest BCUT2D eigenvalue weighted by Gasteiger charge is 2.24. The zero-order chi connectivity index (χ0) is 15.0. The first-order chi connectivity index (χ1) is 10.1. The molecule has 0 fully saturated rings. The van der Waals surface area contributed by atoms with Crippen LogP contribution in [0.5, 0.6) is 0 Å². The maximum atomic E-state index is 12.0. The first-order valence-electron chi connectivity index (χ1n) is 7.31. The van der Waals surface area contributed by atoms with Crippen LogP contribution < -0.4 is 0 Å². The van der Waals surface area contributed by atoms with Crippen molar-refractivity contribution in [1.82, 2.24) is 14.9 Å². The Morgan fingerprint density at radius 1 is 1.33 bits per heavy atom. The smallest absolute Gasteiger partial charge is 0.254 e. The van der Waals surface area contributed by atoms with E-state index in [1.165, 1.54) is 5.56 Å². The van der Waals surface area contributed by atoms with Crippen LogP contribution in [0, 0.1) is 6.92 Å². The van der Waals surface area contributed by atoms with Gasteiger partial charge in [-0.2, -0.15) is 0 Å². The summed E-state index contributed by atoms with van der Waals surface area (Å²) in [4.78, 5) is 22.6. The van der Waals surface area contributed by atoms with Crippen molar-refractivity contribution in [2.75, 3.05) is 7.05 Å². The molecule has 0 unspecified atom stereocenters. The van der Waals surface area contributed by atoms with Gasteiger partial charge < -0.3 is 4.90 Å². The lowest BCUT2D eigenvalue weighted by atomic mass is 10.00. The van der Waals surface area contributed by atoms with E-state index >= 15 is 0 Å². The molecule has 108 valence electrons. The molecule has 21 heavy (non-hydrogen) atoms. The van der Waals surface area contributed by atoms with Gasteiger partial charge in [0.05, 0.1) is 5.69 Å². The van der Waals surface area contributed by atoms with Gasteiger partial charge in [0.15, 0.2) is 0 Å². The van der Waals surface area contributed by atoms with Crippen molar-refractivity contribution in [2.45, 2.75) is 33.2 Å². The summed E-state index contributed by atoms with van der Waals surface area (Å²) in [5.41, 5.74) is 5.13. The maximum Gasteiger partial charge on any atom is 0.254 e. The monoisotopic (exact) mass is 281 g/mol. The zero-order valence-corrected chi connectivity index (χ0v) is 12.7. The van der Waals surface area contributed by atoms with Gasteiger partial charge in [0.25, 0.3) is 5.91 Å². The van der Waals surface area contributed by atoms with Crippen molar-refractivity contribution >= 4 is 5.91 Å².